The molecular formula is C27H36ClN3O6S. The van der Waals surface area contributed by atoms with E-state index in [0.29, 0.717) is 42.0 Å². The summed E-state index contributed by atoms with van der Waals surface area (Å²) in [6.45, 7) is 5.39. The van der Waals surface area contributed by atoms with Gasteiger partial charge in [0.1, 0.15) is 19.3 Å². The zero-order valence-corrected chi connectivity index (χ0v) is 23.7. The number of halogens is 1. The summed E-state index contributed by atoms with van der Waals surface area (Å²) >= 11 is 6.14. The number of rotatable bonds is 13. The molecule has 2 amide bonds. The monoisotopic (exact) mass is 565 g/mol. The minimum absolute atomic E-state index is 0.0592. The molecule has 1 unspecified atom stereocenters. The van der Waals surface area contributed by atoms with Crippen molar-refractivity contribution in [3.63, 3.8) is 0 Å². The van der Waals surface area contributed by atoms with Crippen LogP contribution in [0.3, 0.4) is 0 Å². The molecule has 0 spiro atoms. The zero-order chi connectivity index (χ0) is 27.7. The summed E-state index contributed by atoms with van der Waals surface area (Å²) in [6.07, 6.45) is 3.24. The Morgan fingerprint density at radius 3 is 2.50 bits per heavy atom. The van der Waals surface area contributed by atoms with Crippen LogP contribution in [0.25, 0.3) is 0 Å². The van der Waals surface area contributed by atoms with Crippen LogP contribution < -0.4 is 19.1 Å². The molecule has 1 aliphatic heterocycles. The number of sulfonamides is 1. The number of hydrogen-bond donors (Lipinski definition) is 1. The van der Waals surface area contributed by atoms with Crippen LogP contribution in [0, 0.1) is 0 Å². The number of ether oxygens (including phenoxy) is 2. The van der Waals surface area contributed by atoms with Gasteiger partial charge in [-0.2, -0.15) is 0 Å². The molecule has 2 aromatic rings. The summed E-state index contributed by atoms with van der Waals surface area (Å²) in [5.74, 6) is 0.558. The highest BCUT2D eigenvalue weighted by atomic mass is 35.5. The quantitative estimate of drug-likeness (QED) is 0.368. The van der Waals surface area contributed by atoms with Gasteiger partial charge in [-0.1, -0.05) is 37.1 Å². The highest BCUT2D eigenvalue weighted by molar-refractivity contribution is 7.92. The van der Waals surface area contributed by atoms with Crippen molar-refractivity contribution >= 4 is 39.1 Å². The summed E-state index contributed by atoms with van der Waals surface area (Å²) in [5, 5.41) is 3.43. The Hall–Kier alpha value is -2.98. The molecule has 11 heteroatoms. The second-order valence-corrected chi connectivity index (χ2v) is 11.6. The SMILES string of the molecule is CCCCNC(=O)C(C)N(Cc1cccc(Cl)c1)C(=O)CCCN(c1ccc2c(c1)OCCO2)S(C)(=O)=O. The first-order valence-electron chi connectivity index (χ1n) is 12.8. The van der Waals surface area contributed by atoms with E-state index in [1.165, 1.54) is 9.21 Å². The molecule has 38 heavy (non-hydrogen) atoms. The highest BCUT2D eigenvalue weighted by Crippen LogP contribution is 2.34. The first-order chi connectivity index (χ1) is 18.1. The molecule has 1 heterocycles. The van der Waals surface area contributed by atoms with Gasteiger partial charge < -0.3 is 19.7 Å². The third-order valence-corrected chi connectivity index (χ3v) is 7.63. The van der Waals surface area contributed by atoms with Crippen molar-refractivity contribution in [1.82, 2.24) is 10.2 Å². The van der Waals surface area contributed by atoms with Crippen molar-refractivity contribution in [1.29, 1.82) is 0 Å². The molecule has 0 bridgehead atoms. The Labute approximate surface area is 230 Å². The van der Waals surface area contributed by atoms with Crippen LogP contribution in [0.5, 0.6) is 11.5 Å². The third kappa shape index (κ3) is 8.26. The standard InChI is InChI=1S/C27H36ClN3O6S/c1-4-5-13-29-27(33)20(2)30(19-21-8-6-9-22(28)17-21)26(32)10-7-14-31(38(3,34)35)23-11-12-24-25(18-23)37-16-15-36-24/h6,8-9,11-12,17-18,20H,4-5,7,10,13-16,19H2,1-3H3,(H,29,33). The van der Waals surface area contributed by atoms with Gasteiger partial charge in [0.2, 0.25) is 21.8 Å². The van der Waals surface area contributed by atoms with Gasteiger partial charge in [-0.25, -0.2) is 8.42 Å². The Balaban J connectivity index is 1.72. The number of carbonyl (C=O) groups excluding carboxylic acids is 2. The second-order valence-electron chi connectivity index (χ2n) is 9.24. The molecule has 0 saturated heterocycles. The largest absolute Gasteiger partial charge is 0.486 e. The fourth-order valence-corrected chi connectivity index (χ4v) is 5.31. The van der Waals surface area contributed by atoms with Gasteiger partial charge in [0, 0.05) is 37.1 Å². The van der Waals surface area contributed by atoms with Crippen LogP contribution in [-0.2, 0) is 26.2 Å². The average molecular weight is 566 g/mol. The van der Waals surface area contributed by atoms with Gasteiger partial charge in [-0.3, -0.25) is 13.9 Å². The summed E-state index contributed by atoms with van der Waals surface area (Å²) in [7, 11) is -3.63. The third-order valence-electron chi connectivity index (χ3n) is 6.20. The van der Waals surface area contributed by atoms with Gasteiger partial charge in [-0.05, 0) is 49.6 Å². The van der Waals surface area contributed by atoms with Crippen molar-refractivity contribution < 1.29 is 27.5 Å². The molecule has 3 rings (SSSR count). The number of benzene rings is 2. The first kappa shape index (κ1) is 29.6. The van der Waals surface area contributed by atoms with Crippen molar-refractivity contribution in [2.45, 2.75) is 52.1 Å². The van der Waals surface area contributed by atoms with E-state index in [2.05, 4.69) is 5.32 Å². The molecule has 0 aliphatic carbocycles. The minimum atomic E-state index is -3.63. The molecule has 1 aliphatic rings. The molecule has 1 N–H and O–H groups in total. The maximum absolute atomic E-state index is 13.4. The van der Waals surface area contributed by atoms with Crippen LogP contribution in [0.2, 0.25) is 5.02 Å². The van der Waals surface area contributed by atoms with Crippen LogP contribution >= 0.6 is 11.6 Å². The molecule has 0 fully saturated rings. The molecule has 0 radical (unpaired) electrons. The lowest BCUT2D eigenvalue weighted by Crippen LogP contribution is -2.48. The van der Waals surface area contributed by atoms with Crippen LogP contribution in [0.4, 0.5) is 5.69 Å². The van der Waals surface area contributed by atoms with E-state index < -0.39 is 16.1 Å². The lowest BCUT2D eigenvalue weighted by Gasteiger charge is -2.29. The Morgan fingerprint density at radius 1 is 1.08 bits per heavy atom. The van der Waals surface area contributed by atoms with E-state index in [0.717, 1.165) is 24.7 Å². The van der Waals surface area contributed by atoms with E-state index in [4.69, 9.17) is 21.1 Å². The van der Waals surface area contributed by atoms with Gasteiger partial charge in [0.05, 0.1) is 11.9 Å². The van der Waals surface area contributed by atoms with Crippen molar-refractivity contribution in [2.24, 2.45) is 0 Å². The number of hydrogen-bond acceptors (Lipinski definition) is 6. The van der Waals surface area contributed by atoms with E-state index >= 15 is 0 Å². The first-order valence-corrected chi connectivity index (χ1v) is 15.0. The molecule has 9 nitrogen and oxygen atoms in total. The summed E-state index contributed by atoms with van der Waals surface area (Å²) in [5.41, 5.74) is 1.23. The summed E-state index contributed by atoms with van der Waals surface area (Å²) < 4.78 is 37.6. The predicted octanol–water partition coefficient (Wildman–Crippen LogP) is 3.99. The Morgan fingerprint density at radius 2 is 1.82 bits per heavy atom. The van der Waals surface area contributed by atoms with E-state index in [-0.39, 0.29) is 37.7 Å². The zero-order valence-electron chi connectivity index (χ0n) is 22.1. The second kappa shape index (κ2) is 13.7. The van der Waals surface area contributed by atoms with Gasteiger partial charge >= 0.3 is 0 Å². The fourth-order valence-electron chi connectivity index (χ4n) is 4.14. The predicted molar refractivity (Wildman–Crippen MR) is 148 cm³/mol. The average Bonchev–Trinajstić information content (AvgIpc) is 2.88. The van der Waals surface area contributed by atoms with Crippen molar-refractivity contribution in [3.05, 3.63) is 53.1 Å². The van der Waals surface area contributed by atoms with E-state index in [1.807, 2.05) is 13.0 Å². The van der Waals surface area contributed by atoms with Gasteiger partial charge in [0.15, 0.2) is 11.5 Å². The number of fused-ring (bicyclic) bond motifs is 1. The number of unbranched alkanes of at least 4 members (excludes halogenated alkanes) is 1. The fraction of sp³-hybridized carbons (Fsp3) is 0.481. The molecular weight excluding hydrogens is 530 g/mol. The number of amides is 2. The lowest BCUT2D eigenvalue weighted by atomic mass is 10.1. The summed E-state index contributed by atoms with van der Waals surface area (Å²) in [6, 6.07) is 11.4. The number of anilines is 1. The Bertz CT molecular complexity index is 1220. The Kier molecular flexibility index (Phi) is 10.7. The van der Waals surface area contributed by atoms with E-state index in [1.54, 1.807) is 43.3 Å². The van der Waals surface area contributed by atoms with Crippen LogP contribution in [-0.4, -0.2) is 63.7 Å². The molecule has 0 saturated carbocycles. The topological polar surface area (TPSA) is 105 Å². The van der Waals surface area contributed by atoms with Crippen molar-refractivity contribution in [2.75, 3.05) is 36.9 Å². The normalized spacial score (nSPS) is 13.5. The molecule has 0 aromatic heterocycles. The number of carbonyl (C=O) groups is 2. The van der Waals surface area contributed by atoms with Gasteiger partial charge in [-0.15, -0.1) is 0 Å². The van der Waals surface area contributed by atoms with Crippen LogP contribution in [0.15, 0.2) is 42.5 Å². The van der Waals surface area contributed by atoms with Crippen molar-refractivity contribution in [3.8, 4) is 11.5 Å². The molecule has 2 aromatic carbocycles. The maximum Gasteiger partial charge on any atom is 0.242 e. The maximum atomic E-state index is 13.4. The molecule has 1 atom stereocenters. The number of nitrogens with zero attached hydrogens (tertiary/aromatic N) is 2. The van der Waals surface area contributed by atoms with Crippen LogP contribution in [0.1, 0.15) is 45.1 Å². The highest BCUT2D eigenvalue weighted by Gasteiger charge is 2.27. The van der Waals surface area contributed by atoms with E-state index in [9.17, 15) is 18.0 Å². The lowest BCUT2D eigenvalue weighted by molar-refractivity contribution is -0.140. The summed E-state index contributed by atoms with van der Waals surface area (Å²) in [4.78, 5) is 27.7. The smallest absolute Gasteiger partial charge is 0.242 e. The van der Waals surface area contributed by atoms with Gasteiger partial charge in [0.25, 0.3) is 0 Å². The number of nitrogens with one attached hydrogen (secondary N) is 1. The molecule has 208 valence electrons. The minimum Gasteiger partial charge on any atom is -0.486 e.